The summed E-state index contributed by atoms with van der Waals surface area (Å²) in [4.78, 5) is 20.0. The molecule has 0 saturated carbocycles. The van der Waals surface area contributed by atoms with Crippen LogP contribution in [0.3, 0.4) is 0 Å². The minimum atomic E-state index is -1.02. The van der Waals surface area contributed by atoms with Crippen molar-refractivity contribution in [2.24, 2.45) is 11.5 Å². The van der Waals surface area contributed by atoms with Crippen molar-refractivity contribution >= 4 is 11.9 Å². The van der Waals surface area contributed by atoms with Crippen LogP contribution in [0.2, 0.25) is 0 Å². The van der Waals surface area contributed by atoms with E-state index >= 15 is 0 Å². The van der Waals surface area contributed by atoms with Gasteiger partial charge in [-0.05, 0) is 25.7 Å². The average molecular weight is 312 g/mol. The molecule has 0 spiro atoms. The molecule has 0 radical (unpaired) electrons. The van der Waals surface area contributed by atoms with Gasteiger partial charge in [-0.3, -0.25) is 0 Å². The third kappa shape index (κ3) is 29.6. The number of carboxylic acids is 2. The van der Waals surface area contributed by atoms with Crippen molar-refractivity contribution in [3.05, 3.63) is 0 Å². The Balaban J connectivity index is -0.000000392. The molecule has 0 heterocycles. The van der Waals surface area contributed by atoms with Crippen LogP contribution in [0.1, 0.15) is 44.9 Å². The molecule has 0 amide bonds. The number of carbonyl (C=O) groups excluding carboxylic acids is 2. The minimum absolute atomic E-state index is 0. The smallest absolute Gasteiger partial charge is 0.550 e. The molecular formula is C11H22N2O4Zn. The molecule has 7 heteroatoms. The number of carboxylic acid groups (broad SMARTS) is 2. The molecule has 0 aliphatic heterocycles. The molecule has 0 fully saturated rings. The monoisotopic (exact) mass is 310 g/mol. The normalized spacial score (nSPS) is 8.78. The van der Waals surface area contributed by atoms with E-state index < -0.39 is 11.9 Å². The van der Waals surface area contributed by atoms with Crippen LogP contribution in [0.5, 0.6) is 0 Å². The van der Waals surface area contributed by atoms with Gasteiger partial charge >= 0.3 is 19.5 Å². The Bertz CT molecular complexity index is 183. The van der Waals surface area contributed by atoms with E-state index in [0.717, 1.165) is 19.3 Å². The van der Waals surface area contributed by atoms with Gasteiger partial charge in [0.05, 0.1) is 0 Å². The van der Waals surface area contributed by atoms with E-state index in [-0.39, 0.29) is 32.3 Å². The Hall–Kier alpha value is -0.517. The zero-order valence-electron chi connectivity index (χ0n) is 10.9. The maximum Gasteiger partial charge on any atom is 2.00 e. The van der Waals surface area contributed by atoms with Crippen LogP contribution < -0.4 is 21.7 Å². The predicted molar refractivity (Wildman–Crippen MR) is 60.4 cm³/mol. The summed E-state index contributed by atoms with van der Waals surface area (Å²) < 4.78 is 0. The van der Waals surface area contributed by atoms with Crippen LogP contribution in [-0.2, 0) is 29.1 Å². The summed E-state index contributed by atoms with van der Waals surface area (Å²) >= 11 is 0. The second-order valence-electron chi connectivity index (χ2n) is 3.59. The van der Waals surface area contributed by atoms with E-state index in [2.05, 4.69) is 0 Å². The molecule has 18 heavy (non-hydrogen) atoms. The van der Waals surface area contributed by atoms with Crippen molar-refractivity contribution in [2.75, 3.05) is 13.1 Å². The molecule has 0 atom stereocenters. The van der Waals surface area contributed by atoms with Gasteiger partial charge < -0.3 is 31.3 Å². The molecule has 0 aromatic carbocycles. The molecule has 0 aromatic rings. The van der Waals surface area contributed by atoms with Crippen LogP contribution in [0.25, 0.3) is 0 Å². The summed E-state index contributed by atoms with van der Waals surface area (Å²) in [5.41, 5.74) is 9.81. The Morgan fingerprint density at radius 3 is 1.22 bits per heavy atom. The molecule has 4 N–H and O–H groups in total. The first kappa shape index (κ1) is 22.6. The van der Waals surface area contributed by atoms with Gasteiger partial charge in [-0.15, -0.1) is 0 Å². The Labute approximate surface area is 121 Å². The average Bonchev–Trinajstić information content (AvgIpc) is 2.27. The molecule has 0 unspecified atom stereocenters. The zero-order valence-corrected chi connectivity index (χ0v) is 13.8. The molecule has 0 aliphatic rings. The zero-order chi connectivity index (χ0) is 13.5. The van der Waals surface area contributed by atoms with Crippen LogP contribution in [0.4, 0.5) is 0 Å². The topological polar surface area (TPSA) is 132 Å². The van der Waals surface area contributed by atoms with Gasteiger partial charge in [-0.2, -0.15) is 0 Å². The van der Waals surface area contributed by atoms with Crippen molar-refractivity contribution in [3.63, 3.8) is 0 Å². The van der Waals surface area contributed by atoms with Crippen LogP contribution >= 0.6 is 0 Å². The Morgan fingerprint density at radius 1 is 0.722 bits per heavy atom. The fourth-order valence-corrected chi connectivity index (χ4v) is 1.07. The largest absolute Gasteiger partial charge is 2.00 e. The summed E-state index contributed by atoms with van der Waals surface area (Å²) in [5, 5.41) is 20.0. The van der Waals surface area contributed by atoms with Gasteiger partial charge in [0.1, 0.15) is 0 Å². The number of aliphatic carboxylic acids is 2. The third-order valence-corrected chi connectivity index (χ3v) is 1.93. The number of nitrogens with two attached hydrogens (primary N) is 2. The van der Waals surface area contributed by atoms with Gasteiger partial charge in [0.25, 0.3) is 0 Å². The van der Waals surface area contributed by atoms with Crippen LogP contribution in [-0.4, -0.2) is 25.0 Å². The van der Waals surface area contributed by atoms with E-state index in [1.165, 1.54) is 0 Å². The number of hydrogen-bond acceptors (Lipinski definition) is 6. The summed E-state index contributed by atoms with van der Waals surface area (Å²) in [6.45, 7) is 1.19. The number of unbranched alkanes of at least 4 members (excludes halogenated alkanes) is 4. The number of carbonyl (C=O) groups is 2. The van der Waals surface area contributed by atoms with E-state index in [4.69, 9.17) is 11.5 Å². The van der Waals surface area contributed by atoms with Crippen molar-refractivity contribution in [1.29, 1.82) is 0 Å². The second kappa shape index (κ2) is 18.8. The first-order chi connectivity index (χ1) is 8.04. The molecule has 102 valence electrons. The predicted octanol–water partition coefficient (Wildman–Crippen LogP) is -1.88. The van der Waals surface area contributed by atoms with Crippen LogP contribution in [0, 0.1) is 0 Å². The van der Waals surface area contributed by atoms with Gasteiger partial charge in [0.15, 0.2) is 0 Å². The number of hydrogen-bond donors (Lipinski definition) is 2. The van der Waals surface area contributed by atoms with Crippen molar-refractivity contribution in [3.8, 4) is 0 Å². The fraction of sp³-hybridized carbons (Fsp3) is 0.818. The van der Waals surface area contributed by atoms with E-state index in [0.29, 0.717) is 25.9 Å². The maximum atomic E-state index is 9.98. The van der Waals surface area contributed by atoms with E-state index in [1.54, 1.807) is 0 Å². The molecule has 0 bridgehead atoms. The van der Waals surface area contributed by atoms with Crippen LogP contribution in [0.15, 0.2) is 0 Å². The summed E-state index contributed by atoms with van der Waals surface area (Å²) in [6.07, 6.45) is 3.95. The minimum Gasteiger partial charge on any atom is -0.550 e. The molecule has 0 rings (SSSR count). The molecule has 0 aliphatic carbocycles. The Morgan fingerprint density at radius 2 is 1.00 bits per heavy atom. The first-order valence-corrected chi connectivity index (χ1v) is 5.84. The molecular weight excluding hydrogens is 290 g/mol. The molecule has 0 saturated heterocycles. The first-order valence-electron chi connectivity index (χ1n) is 5.84. The van der Waals surface area contributed by atoms with Gasteiger partial charge in [0.2, 0.25) is 0 Å². The van der Waals surface area contributed by atoms with E-state index in [1.807, 2.05) is 0 Å². The third-order valence-electron chi connectivity index (χ3n) is 1.93. The second-order valence-corrected chi connectivity index (χ2v) is 3.59. The van der Waals surface area contributed by atoms with Gasteiger partial charge in [-0.1, -0.05) is 19.3 Å². The van der Waals surface area contributed by atoms with Crippen molar-refractivity contribution in [2.45, 2.75) is 44.9 Å². The fourth-order valence-electron chi connectivity index (χ4n) is 1.07. The maximum absolute atomic E-state index is 9.98. The van der Waals surface area contributed by atoms with Gasteiger partial charge in [0, 0.05) is 25.0 Å². The number of rotatable bonds is 9. The molecule has 6 nitrogen and oxygen atoms in total. The Kier molecular flexibility index (Phi) is 23.7. The van der Waals surface area contributed by atoms with E-state index in [9.17, 15) is 19.8 Å². The SMILES string of the molecule is NCCN.O=C([O-])CCCCCCCC(=O)[O-].[Zn+2]. The standard InChI is InChI=1S/C9H16O4.C2H8N2.Zn/c10-8(11)6-4-2-1-3-5-7-9(12)13;3-1-2-4;/h1-7H2,(H,10,11)(H,12,13);1-4H2;/q;;+2/p-2. The van der Waals surface area contributed by atoms with Crippen molar-refractivity contribution < 1.29 is 39.3 Å². The summed E-state index contributed by atoms with van der Waals surface area (Å²) in [7, 11) is 0. The summed E-state index contributed by atoms with van der Waals surface area (Å²) in [6, 6.07) is 0. The summed E-state index contributed by atoms with van der Waals surface area (Å²) in [5.74, 6) is -2.04. The van der Waals surface area contributed by atoms with Gasteiger partial charge in [-0.25, -0.2) is 0 Å². The quantitative estimate of drug-likeness (QED) is 0.378. The van der Waals surface area contributed by atoms with Crippen molar-refractivity contribution in [1.82, 2.24) is 0 Å². The molecule has 0 aromatic heterocycles.